The number of halogens is 1. The van der Waals surface area contributed by atoms with E-state index in [9.17, 15) is 5.26 Å². The van der Waals surface area contributed by atoms with Crippen LogP contribution in [0.2, 0.25) is 5.02 Å². The number of benzene rings is 2. The minimum absolute atomic E-state index is 0.167. The van der Waals surface area contributed by atoms with Gasteiger partial charge in [-0.05, 0) is 50.2 Å². The lowest BCUT2D eigenvalue weighted by Gasteiger charge is -2.21. The molecule has 0 aliphatic rings. The maximum Gasteiger partial charge on any atom is 0.162 e. The van der Waals surface area contributed by atoms with Crippen molar-refractivity contribution in [3.63, 3.8) is 0 Å². The molecule has 0 saturated carbocycles. The molecule has 1 heterocycles. The van der Waals surface area contributed by atoms with Gasteiger partial charge < -0.3 is 10.6 Å². The molecule has 0 spiro atoms. The first-order valence-electron chi connectivity index (χ1n) is 8.76. The molecule has 3 rings (SSSR count). The van der Waals surface area contributed by atoms with Gasteiger partial charge in [0.1, 0.15) is 17.5 Å². The number of anilines is 2. The molecule has 5 nitrogen and oxygen atoms in total. The minimum Gasteiger partial charge on any atom is -0.382 e. The van der Waals surface area contributed by atoms with Crippen LogP contribution in [0.4, 0.5) is 11.5 Å². The molecular weight excluding hydrogens is 358 g/mol. The summed E-state index contributed by atoms with van der Waals surface area (Å²) >= 11 is 5.97. The number of hydrogen-bond acceptors (Lipinski definition) is 5. The van der Waals surface area contributed by atoms with Crippen molar-refractivity contribution in [3.8, 4) is 28.7 Å². The SMILES string of the molecule is CCN(CC)c1ccc(-c2nc(N)c(C#N)c(-c3ccc(Cl)cc3)n2)cc1. The van der Waals surface area contributed by atoms with Gasteiger partial charge in [-0.2, -0.15) is 5.26 Å². The first kappa shape index (κ1) is 18.7. The van der Waals surface area contributed by atoms with Gasteiger partial charge in [0.15, 0.2) is 5.82 Å². The zero-order valence-corrected chi connectivity index (χ0v) is 16.0. The number of nitrogens with two attached hydrogens (primary N) is 1. The first-order valence-corrected chi connectivity index (χ1v) is 9.14. The second kappa shape index (κ2) is 8.07. The van der Waals surface area contributed by atoms with Crippen molar-refractivity contribution in [3.05, 3.63) is 59.1 Å². The summed E-state index contributed by atoms with van der Waals surface area (Å²) in [5, 5.41) is 10.1. The van der Waals surface area contributed by atoms with Gasteiger partial charge in [0.25, 0.3) is 0 Å². The molecule has 0 fully saturated rings. The Bertz CT molecular complexity index is 971. The lowest BCUT2D eigenvalue weighted by atomic mass is 10.1. The third kappa shape index (κ3) is 3.86. The molecule has 0 aliphatic heterocycles. The van der Waals surface area contributed by atoms with Crippen LogP contribution in [0.3, 0.4) is 0 Å². The van der Waals surface area contributed by atoms with Crippen molar-refractivity contribution in [1.82, 2.24) is 9.97 Å². The van der Waals surface area contributed by atoms with Gasteiger partial charge in [0.2, 0.25) is 0 Å². The van der Waals surface area contributed by atoms with Crippen molar-refractivity contribution in [2.24, 2.45) is 0 Å². The smallest absolute Gasteiger partial charge is 0.162 e. The molecule has 27 heavy (non-hydrogen) atoms. The Morgan fingerprint density at radius 1 is 0.963 bits per heavy atom. The molecule has 0 bridgehead atoms. The Kier molecular flexibility index (Phi) is 5.58. The fraction of sp³-hybridized carbons (Fsp3) is 0.190. The predicted molar refractivity (Wildman–Crippen MR) is 111 cm³/mol. The summed E-state index contributed by atoms with van der Waals surface area (Å²) in [7, 11) is 0. The number of nitrogen functional groups attached to an aromatic ring is 1. The van der Waals surface area contributed by atoms with Crippen molar-refractivity contribution < 1.29 is 0 Å². The second-order valence-electron chi connectivity index (χ2n) is 5.99. The van der Waals surface area contributed by atoms with E-state index < -0.39 is 0 Å². The molecule has 2 aromatic carbocycles. The van der Waals surface area contributed by atoms with Crippen LogP contribution in [0.25, 0.3) is 22.6 Å². The molecule has 0 atom stereocenters. The molecule has 1 aromatic heterocycles. The van der Waals surface area contributed by atoms with Gasteiger partial charge in [0, 0.05) is 34.9 Å². The Hall–Kier alpha value is -3.10. The molecular formula is C21H20ClN5. The highest BCUT2D eigenvalue weighted by Gasteiger charge is 2.15. The third-order valence-corrected chi connectivity index (χ3v) is 4.67. The number of nitrogens with zero attached hydrogens (tertiary/aromatic N) is 4. The number of nitriles is 1. The van der Waals surface area contributed by atoms with Crippen molar-refractivity contribution in [2.45, 2.75) is 13.8 Å². The van der Waals surface area contributed by atoms with Crippen LogP contribution in [0.15, 0.2) is 48.5 Å². The normalized spacial score (nSPS) is 10.4. The van der Waals surface area contributed by atoms with Gasteiger partial charge in [0.05, 0.1) is 5.69 Å². The molecule has 2 N–H and O–H groups in total. The minimum atomic E-state index is 0.167. The average molecular weight is 378 g/mol. The summed E-state index contributed by atoms with van der Waals surface area (Å²) in [5.41, 5.74) is 9.58. The van der Waals surface area contributed by atoms with E-state index in [1.807, 2.05) is 36.4 Å². The second-order valence-corrected chi connectivity index (χ2v) is 6.43. The van der Waals surface area contributed by atoms with Crippen LogP contribution in [0, 0.1) is 11.3 Å². The highest BCUT2D eigenvalue weighted by atomic mass is 35.5. The molecule has 0 amide bonds. The summed E-state index contributed by atoms with van der Waals surface area (Å²) in [6.07, 6.45) is 0. The number of rotatable bonds is 5. The van der Waals surface area contributed by atoms with Crippen molar-refractivity contribution >= 4 is 23.1 Å². The van der Waals surface area contributed by atoms with E-state index in [1.54, 1.807) is 12.1 Å². The quantitative estimate of drug-likeness (QED) is 0.693. The van der Waals surface area contributed by atoms with E-state index in [4.69, 9.17) is 17.3 Å². The maximum atomic E-state index is 9.49. The van der Waals surface area contributed by atoms with Crippen LogP contribution in [-0.2, 0) is 0 Å². The average Bonchev–Trinajstić information content (AvgIpc) is 2.69. The molecule has 0 radical (unpaired) electrons. The lowest BCUT2D eigenvalue weighted by molar-refractivity contribution is 0.866. The first-order chi connectivity index (χ1) is 13.1. The van der Waals surface area contributed by atoms with Gasteiger partial charge in [-0.15, -0.1) is 0 Å². The Morgan fingerprint density at radius 3 is 2.11 bits per heavy atom. The Labute approximate surface area is 164 Å². The molecule has 0 aliphatic carbocycles. The van der Waals surface area contributed by atoms with Gasteiger partial charge in [-0.1, -0.05) is 23.7 Å². The van der Waals surface area contributed by atoms with E-state index in [0.29, 0.717) is 16.5 Å². The topological polar surface area (TPSA) is 78.8 Å². The molecule has 0 saturated heterocycles. The fourth-order valence-electron chi connectivity index (χ4n) is 2.94. The van der Waals surface area contributed by atoms with Crippen LogP contribution >= 0.6 is 11.6 Å². The molecule has 136 valence electrons. The van der Waals surface area contributed by atoms with E-state index in [-0.39, 0.29) is 11.4 Å². The highest BCUT2D eigenvalue weighted by Crippen LogP contribution is 2.29. The highest BCUT2D eigenvalue weighted by molar-refractivity contribution is 6.30. The zero-order valence-electron chi connectivity index (χ0n) is 15.3. The Morgan fingerprint density at radius 2 is 1.56 bits per heavy atom. The molecule has 6 heteroatoms. The number of aromatic nitrogens is 2. The third-order valence-electron chi connectivity index (χ3n) is 4.42. The van der Waals surface area contributed by atoms with Crippen molar-refractivity contribution in [1.29, 1.82) is 5.26 Å². The Balaban J connectivity index is 2.07. The van der Waals surface area contributed by atoms with Gasteiger partial charge in [-0.25, -0.2) is 9.97 Å². The van der Waals surface area contributed by atoms with E-state index in [1.165, 1.54) is 0 Å². The van der Waals surface area contributed by atoms with E-state index in [0.717, 1.165) is 29.9 Å². The van der Waals surface area contributed by atoms with Crippen LogP contribution in [0.1, 0.15) is 19.4 Å². The standard InChI is InChI=1S/C21H20ClN5/c1-3-27(4-2)17-11-7-15(8-12-17)21-25-19(18(13-23)20(24)26-21)14-5-9-16(22)10-6-14/h5-12H,3-4H2,1-2H3,(H2,24,25,26). The summed E-state index contributed by atoms with van der Waals surface area (Å²) in [6, 6.07) is 17.3. The van der Waals surface area contributed by atoms with E-state index >= 15 is 0 Å². The fourth-order valence-corrected chi connectivity index (χ4v) is 3.07. The summed E-state index contributed by atoms with van der Waals surface area (Å²) in [4.78, 5) is 11.2. The van der Waals surface area contributed by atoms with Crippen LogP contribution in [0.5, 0.6) is 0 Å². The zero-order chi connectivity index (χ0) is 19.4. The molecule has 0 unspecified atom stereocenters. The summed E-state index contributed by atoms with van der Waals surface area (Å²) in [5.74, 6) is 0.655. The monoisotopic (exact) mass is 377 g/mol. The van der Waals surface area contributed by atoms with Gasteiger partial charge >= 0.3 is 0 Å². The summed E-state index contributed by atoms with van der Waals surface area (Å²) < 4.78 is 0. The van der Waals surface area contributed by atoms with Crippen LogP contribution < -0.4 is 10.6 Å². The maximum absolute atomic E-state index is 9.49. The molecule has 3 aromatic rings. The van der Waals surface area contributed by atoms with E-state index in [2.05, 4.69) is 34.8 Å². The predicted octanol–water partition coefficient (Wildman–Crippen LogP) is 4.76. The van der Waals surface area contributed by atoms with Crippen LogP contribution in [-0.4, -0.2) is 23.1 Å². The summed E-state index contributed by atoms with van der Waals surface area (Å²) in [6.45, 7) is 6.13. The number of hydrogen-bond donors (Lipinski definition) is 1. The van der Waals surface area contributed by atoms with Gasteiger partial charge in [-0.3, -0.25) is 0 Å². The van der Waals surface area contributed by atoms with Crippen molar-refractivity contribution in [2.75, 3.05) is 23.7 Å². The largest absolute Gasteiger partial charge is 0.382 e. The lowest BCUT2D eigenvalue weighted by Crippen LogP contribution is -2.21.